The summed E-state index contributed by atoms with van der Waals surface area (Å²) in [5, 5.41) is 5.53. The Morgan fingerprint density at radius 3 is 2.08 bits per heavy atom. The number of hydrogen-bond acceptors (Lipinski definition) is 4. The van der Waals surface area contributed by atoms with Gasteiger partial charge in [-0.1, -0.05) is 0 Å². The lowest BCUT2D eigenvalue weighted by Crippen LogP contribution is -2.13. The molecule has 3 rings (SSSR count). The number of nitrogens with one attached hydrogen (secondary N) is 2. The number of amides is 2. The van der Waals surface area contributed by atoms with Crippen molar-refractivity contribution in [3.05, 3.63) is 77.5 Å². The Kier molecular flexibility index (Phi) is 4.61. The third-order valence-electron chi connectivity index (χ3n) is 3.50. The topological polar surface area (TPSA) is 84.2 Å². The first-order valence-electron chi connectivity index (χ1n) is 7.72. The van der Waals surface area contributed by atoms with E-state index in [9.17, 15) is 9.59 Å². The first-order valence-corrected chi connectivity index (χ1v) is 7.72. The molecule has 0 atom stereocenters. The van der Waals surface area contributed by atoms with Crippen molar-refractivity contribution in [2.24, 2.45) is 0 Å². The van der Waals surface area contributed by atoms with Crippen molar-refractivity contribution in [1.82, 2.24) is 4.98 Å². The molecule has 6 nitrogen and oxygen atoms in total. The number of hydrogen-bond donors (Lipinski definition) is 2. The molecule has 0 bridgehead atoms. The van der Waals surface area contributed by atoms with Crippen LogP contribution >= 0.6 is 0 Å². The fourth-order valence-corrected chi connectivity index (χ4v) is 2.27. The van der Waals surface area contributed by atoms with E-state index in [-0.39, 0.29) is 17.6 Å². The minimum Gasteiger partial charge on any atom is -0.456 e. The number of carbonyl (C=O) groups is 2. The highest BCUT2D eigenvalue weighted by molar-refractivity contribution is 6.05. The predicted octanol–water partition coefficient (Wildman–Crippen LogP) is 3.80. The molecule has 0 radical (unpaired) electrons. The molecule has 2 heterocycles. The van der Waals surface area contributed by atoms with Crippen molar-refractivity contribution in [3.63, 3.8) is 0 Å². The highest BCUT2D eigenvalue weighted by atomic mass is 16.3. The molecular formula is C19H17N3O3. The van der Waals surface area contributed by atoms with Crippen LogP contribution in [-0.2, 0) is 0 Å². The summed E-state index contributed by atoms with van der Waals surface area (Å²) in [6, 6.07) is 12.0. The second kappa shape index (κ2) is 7.00. The number of aryl methyl sites for hydroxylation is 2. The standard InChI is InChI=1S/C19H17N3O3/c1-12-9-14(11-20-10-12)18(23)21-15-4-6-16(7-5-15)22-19(24)17-8-3-13(2)25-17/h3-11H,1-2H3,(H,21,23)(H,22,24). The van der Waals surface area contributed by atoms with Crippen LogP contribution in [0.5, 0.6) is 0 Å². The SMILES string of the molecule is Cc1cncc(C(=O)Nc2ccc(NC(=O)c3ccc(C)o3)cc2)c1. The Morgan fingerprint density at radius 2 is 1.52 bits per heavy atom. The van der Waals surface area contributed by atoms with Gasteiger partial charge in [-0.15, -0.1) is 0 Å². The van der Waals surface area contributed by atoms with Crippen LogP contribution in [0.2, 0.25) is 0 Å². The van der Waals surface area contributed by atoms with Gasteiger partial charge in [0.2, 0.25) is 0 Å². The molecule has 0 aliphatic rings. The number of pyridine rings is 1. The Labute approximate surface area is 144 Å². The lowest BCUT2D eigenvalue weighted by molar-refractivity contribution is 0.0993. The third kappa shape index (κ3) is 4.11. The summed E-state index contributed by atoms with van der Waals surface area (Å²) in [6.45, 7) is 3.65. The van der Waals surface area contributed by atoms with Crippen LogP contribution in [0.25, 0.3) is 0 Å². The van der Waals surface area contributed by atoms with Gasteiger partial charge in [0.1, 0.15) is 5.76 Å². The number of nitrogens with zero attached hydrogens (tertiary/aromatic N) is 1. The van der Waals surface area contributed by atoms with E-state index in [1.807, 2.05) is 6.92 Å². The summed E-state index contributed by atoms with van der Waals surface area (Å²) in [7, 11) is 0. The lowest BCUT2D eigenvalue weighted by Gasteiger charge is -2.07. The van der Waals surface area contributed by atoms with Gasteiger partial charge in [0, 0.05) is 23.8 Å². The molecule has 0 fully saturated rings. The lowest BCUT2D eigenvalue weighted by atomic mass is 10.2. The fraction of sp³-hybridized carbons (Fsp3) is 0.105. The maximum Gasteiger partial charge on any atom is 0.291 e. The summed E-state index contributed by atoms with van der Waals surface area (Å²) in [6.07, 6.45) is 3.21. The zero-order valence-corrected chi connectivity index (χ0v) is 13.9. The number of furan rings is 1. The molecule has 1 aromatic carbocycles. The molecule has 0 aliphatic carbocycles. The zero-order valence-electron chi connectivity index (χ0n) is 13.9. The second-order valence-corrected chi connectivity index (χ2v) is 5.65. The van der Waals surface area contributed by atoms with Gasteiger partial charge in [-0.25, -0.2) is 0 Å². The predicted molar refractivity (Wildman–Crippen MR) is 94.8 cm³/mol. The Bertz CT molecular complexity index is 914. The van der Waals surface area contributed by atoms with E-state index in [4.69, 9.17) is 4.42 Å². The normalized spacial score (nSPS) is 10.3. The maximum absolute atomic E-state index is 12.2. The molecule has 2 amide bonds. The summed E-state index contributed by atoms with van der Waals surface area (Å²) in [5.74, 6) is 0.366. The van der Waals surface area contributed by atoms with Gasteiger partial charge in [-0.05, 0) is 61.9 Å². The van der Waals surface area contributed by atoms with E-state index in [0.717, 1.165) is 5.56 Å². The van der Waals surface area contributed by atoms with Crippen molar-refractivity contribution >= 4 is 23.2 Å². The van der Waals surface area contributed by atoms with Crippen molar-refractivity contribution in [1.29, 1.82) is 0 Å². The monoisotopic (exact) mass is 335 g/mol. The van der Waals surface area contributed by atoms with Crippen LogP contribution in [0.3, 0.4) is 0 Å². The third-order valence-corrected chi connectivity index (χ3v) is 3.50. The quantitative estimate of drug-likeness (QED) is 0.759. The van der Waals surface area contributed by atoms with Gasteiger partial charge in [0.15, 0.2) is 5.76 Å². The van der Waals surface area contributed by atoms with E-state index in [2.05, 4.69) is 15.6 Å². The van der Waals surface area contributed by atoms with E-state index in [1.54, 1.807) is 55.6 Å². The number of aromatic nitrogens is 1. The summed E-state index contributed by atoms with van der Waals surface area (Å²) >= 11 is 0. The van der Waals surface area contributed by atoms with Crippen LogP contribution in [0, 0.1) is 13.8 Å². The van der Waals surface area contributed by atoms with Crippen LogP contribution in [0.15, 0.2) is 59.3 Å². The average Bonchev–Trinajstić information content (AvgIpc) is 3.03. The summed E-state index contributed by atoms with van der Waals surface area (Å²) in [5.41, 5.74) is 2.64. The van der Waals surface area contributed by atoms with E-state index >= 15 is 0 Å². The fourth-order valence-electron chi connectivity index (χ4n) is 2.27. The Morgan fingerprint density at radius 1 is 0.880 bits per heavy atom. The number of rotatable bonds is 4. The molecule has 0 saturated heterocycles. The highest BCUT2D eigenvalue weighted by Gasteiger charge is 2.11. The van der Waals surface area contributed by atoms with Gasteiger partial charge >= 0.3 is 0 Å². The molecule has 0 spiro atoms. The minimum absolute atomic E-state index is 0.237. The molecule has 126 valence electrons. The Balaban J connectivity index is 1.64. The van der Waals surface area contributed by atoms with Gasteiger partial charge in [-0.3, -0.25) is 14.6 Å². The first kappa shape index (κ1) is 16.4. The van der Waals surface area contributed by atoms with Crippen LogP contribution in [0.4, 0.5) is 11.4 Å². The van der Waals surface area contributed by atoms with Crippen molar-refractivity contribution < 1.29 is 14.0 Å². The molecular weight excluding hydrogens is 318 g/mol. The first-order chi connectivity index (χ1) is 12.0. The van der Waals surface area contributed by atoms with Crippen molar-refractivity contribution in [3.8, 4) is 0 Å². The molecule has 3 aromatic rings. The summed E-state index contributed by atoms with van der Waals surface area (Å²) < 4.78 is 5.28. The summed E-state index contributed by atoms with van der Waals surface area (Å²) in [4.78, 5) is 28.2. The van der Waals surface area contributed by atoms with Gasteiger partial charge < -0.3 is 15.1 Å². The molecule has 0 saturated carbocycles. The van der Waals surface area contributed by atoms with E-state index in [0.29, 0.717) is 22.7 Å². The zero-order chi connectivity index (χ0) is 17.8. The van der Waals surface area contributed by atoms with Crippen LogP contribution in [0.1, 0.15) is 32.2 Å². The van der Waals surface area contributed by atoms with E-state index < -0.39 is 0 Å². The van der Waals surface area contributed by atoms with Crippen molar-refractivity contribution in [2.75, 3.05) is 10.6 Å². The largest absolute Gasteiger partial charge is 0.456 e. The van der Waals surface area contributed by atoms with Crippen molar-refractivity contribution in [2.45, 2.75) is 13.8 Å². The number of carbonyl (C=O) groups excluding carboxylic acids is 2. The van der Waals surface area contributed by atoms with Crippen LogP contribution in [-0.4, -0.2) is 16.8 Å². The number of benzene rings is 1. The second-order valence-electron chi connectivity index (χ2n) is 5.65. The molecule has 2 N–H and O–H groups in total. The Hall–Kier alpha value is -3.41. The molecule has 2 aromatic heterocycles. The van der Waals surface area contributed by atoms with Gasteiger partial charge in [0.25, 0.3) is 11.8 Å². The molecule has 0 unspecified atom stereocenters. The number of anilines is 2. The molecule has 0 aliphatic heterocycles. The maximum atomic E-state index is 12.2. The highest BCUT2D eigenvalue weighted by Crippen LogP contribution is 2.16. The van der Waals surface area contributed by atoms with Gasteiger partial charge in [0.05, 0.1) is 5.56 Å². The van der Waals surface area contributed by atoms with Gasteiger partial charge in [-0.2, -0.15) is 0 Å². The van der Waals surface area contributed by atoms with Crippen LogP contribution < -0.4 is 10.6 Å². The smallest absolute Gasteiger partial charge is 0.291 e. The minimum atomic E-state index is -0.323. The molecule has 25 heavy (non-hydrogen) atoms. The van der Waals surface area contributed by atoms with E-state index in [1.165, 1.54) is 6.20 Å². The molecule has 6 heteroatoms. The average molecular weight is 335 g/mol.